The number of primary amides is 1. The molecule has 14 heteroatoms. The maximum Gasteiger partial charge on any atom is 0.424 e. The normalized spacial score (nSPS) is 19.0. The number of methoxy groups -OCH3 is 1. The Labute approximate surface area is 253 Å². The predicted molar refractivity (Wildman–Crippen MR) is 152 cm³/mol. The van der Waals surface area contributed by atoms with Crippen molar-refractivity contribution in [3.63, 3.8) is 0 Å². The summed E-state index contributed by atoms with van der Waals surface area (Å²) in [5.74, 6) is -2.01. The average Bonchev–Trinajstić information content (AvgIpc) is 3.81. The molecule has 3 heterocycles. The van der Waals surface area contributed by atoms with E-state index in [2.05, 4.69) is 20.5 Å². The van der Waals surface area contributed by atoms with E-state index in [0.717, 1.165) is 36.7 Å². The Morgan fingerprint density at radius 2 is 1.84 bits per heavy atom. The van der Waals surface area contributed by atoms with Crippen LogP contribution in [0.5, 0.6) is 11.5 Å². The van der Waals surface area contributed by atoms with Gasteiger partial charge in [0.2, 0.25) is 11.5 Å². The molecular formula is C31H27F4N5O5. The van der Waals surface area contributed by atoms with Crippen LogP contribution in [-0.2, 0) is 15.8 Å². The molecule has 0 spiro atoms. The fourth-order valence-electron chi connectivity index (χ4n) is 5.26. The first-order valence-corrected chi connectivity index (χ1v) is 13.9. The molecule has 0 bridgehead atoms. The highest BCUT2D eigenvalue weighted by Gasteiger charge is 2.57. The van der Waals surface area contributed by atoms with E-state index in [1.165, 1.54) is 38.3 Å². The number of halogens is 4. The molecule has 2 amide bonds. The second-order valence-corrected chi connectivity index (χ2v) is 11.4. The Kier molecular flexibility index (Phi) is 7.14. The number of nitrogens with two attached hydrogens (primary N) is 1. The number of hydrogen-bond donors (Lipinski definition) is 3. The number of ether oxygens (including phenoxy) is 2. The number of aliphatic hydroxyl groups is 1. The van der Waals surface area contributed by atoms with Crippen LogP contribution in [0, 0.1) is 5.82 Å². The Hall–Kier alpha value is -4.85. The molecule has 2 aromatic heterocycles. The lowest BCUT2D eigenvalue weighted by atomic mass is 9.81. The Morgan fingerprint density at radius 3 is 2.47 bits per heavy atom. The van der Waals surface area contributed by atoms with Crippen molar-refractivity contribution in [1.82, 2.24) is 20.5 Å². The molecular weight excluding hydrogens is 598 g/mol. The van der Waals surface area contributed by atoms with Crippen LogP contribution >= 0.6 is 0 Å². The number of aromatic nitrogens is 3. The van der Waals surface area contributed by atoms with Gasteiger partial charge in [0, 0.05) is 28.0 Å². The minimum absolute atomic E-state index is 0.0304. The lowest BCUT2D eigenvalue weighted by molar-refractivity contribution is -0.265. The zero-order valence-electron chi connectivity index (χ0n) is 24.0. The summed E-state index contributed by atoms with van der Waals surface area (Å²) in [5, 5.41) is 22.4. The number of hydrogen-bond acceptors (Lipinski definition) is 8. The molecule has 2 aromatic carbocycles. The van der Waals surface area contributed by atoms with E-state index in [-0.39, 0.29) is 46.4 Å². The van der Waals surface area contributed by atoms with Crippen LogP contribution in [0.25, 0.3) is 22.2 Å². The lowest BCUT2D eigenvalue weighted by Crippen LogP contribution is -2.51. The molecule has 0 radical (unpaired) electrons. The molecule has 1 unspecified atom stereocenters. The maximum absolute atomic E-state index is 14.7. The van der Waals surface area contributed by atoms with Gasteiger partial charge in [-0.15, -0.1) is 5.10 Å². The van der Waals surface area contributed by atoms with Gasteiger partial charge >= 0.3 is 6.18 Å². The number of carbonyl (C=O) groups is 2. The van der Waals surface area contributed by atoms with Gasteiger partial charge in [-0.2, -0.15) is 18.3 Å². The van der Waals surface area contributed by atoms with E-state index in [4.69, 9.17) is 15.2 Å². The standard InChI is InChI=1S/C31H27F4N5O5/c1-29(28(36)42)14-45-26-20(29)12-23(38-25(26)16-5-7-19(32)8-6-16)30(43,31(33,34)35)13-37-27(41)18-9-17-10-21(15-3-4-15)39-40-24(17)22(11-18)44-2/h5-12,15,43H,3-4,13-14H2,1-2H3,(H2,36,42)(H,37,41)/t29-,30?/m0/s1. The second kappa shape index (κ2) is 10.6. The van der Waals surface area contributed by atoms with Crippen molar-refractivity contribution in [2.45, 2.75) is 42.9 Å². The summed E-state index contributed by atoms with van der Waals surface area (Å²) in [4.78, 5) is 29.8. The fourth-order valence-corrected chi connectivity index (χ4v) is 5.26. The fraction of sp³-hybridized carbons (Fsp3) is 0.323. The van der Waals surface area contributed by atoms with Gasteiger partial charge in [0.1, 0.15) is 40.5 Å². The highest BCUT2D eigenvalue weighted by Crippen LogP contribution is 2.48. The van der Waals surface area contributed by atoms with Gasteiger partial charge < -0.3 is 25.6 Å². The van der Waals surface area contributed by atoms with Gasteiger partial charge in [-0.3, -0.25) is 9.59 Å². The topological polar surface area (TPSA) is 150 Å². The Bertz CT molecular complexity index is 1850. The lowest BCUT2D eigenvalue weighted by Gasteiger charge is -2.31. The largest absolute Gasteiger partial charge is 0.494 e. The average molecular weight is 626 g/mol. The second-order valence-electron chi connectivity index (χ2n) is 11.4. The maximum atomic E-state index is 14.7. The van der Waals surface area contributed by atoms with Gasteiger partial charge in [0.05, 0.1) is 25.0 Å². The summed E-state index contributed by atoms with van der Waals surface area (Å²) in [6.45, 7) is -0.255. The van der Waals surface area contributed by atoms with Gasteiger partial charge in [-0.1, -0.05) is 0 Å². The number of nitrogens with zero attached hydrogens (tertiary/aromatic N) is 3. The molecule has 1 saturated carbocycles. The highest BCUT2D eigenvalue weighted by molar-refractivity contribution is 6.00. The first-order valence-electron chi connectivity index (χ1n) is 13.9. The molecule has 4 aromatic rings. The number of alkyl halides is 3. The summed E-state index contributed by atoms with van der Waals surface area (Å²) >= 11 is 0. The number of benzene rings is 2. The third-order valence-electron chi connectivity index (χ3n) is 8.28. The summed E-state index contributed by atoms with van der Waals surface area (Å²) in [6.07, 6.45) is -3.45. The first kappa shape index (κ1) is 30.2. The summed E-state index contributed by atoms with van der Waals surface area (Å²) in [6, 6.07) is 10.1. The van der Waals surface area contributed by atoms with Crippen molar-refractivity contribution in [1.29, 1.82) is 0 Å². The van der Waals surface area contributed by atoms with Crippen molar-refractivity contribution >= 4 is 22.7 Å². The van der Waals surface area contributed by atoms with Gasteiger partial charge in [-0.25, -0.2) is 9.37 Å². The molecule has 1 fully saturated rings. The summed E-state index contributed by atoms with van der Waals surface area (Å²) in [7, 11) is 1.36. The van der Waals surface area contributed by atoms with Crippen LogP contribution in [0.2, 0.25) is 0 Å². The molecule has 45 heavy (non-hydrogen) atoms. The molecule has 6 rings (SSSR count). The quantitative estimate of drug-likeness (QED) is 0.249. The third-order valence-corrected chi connectivity index (χ3v) is 8.28. The van der Waals surface area contributed by atoms with Crippen LogP contribution < -0.4 is 20.5 Å². The minimum atomic E-state index is -5.36. The van der Waals surface area contributed by atoms with E-state index < -0.39 is 47.1 Å². The van der Waals surface area contributed by atoms with Crippen molar-refractivity contribution < 1.29 is 41.7 Å². The van der Waals surface area contributed by atoms with Crippen LogP contribution in [0.4, 0.5) is 17.6 Å². The van der Waals surface area contributed by atoms with Crippen LogP contribution in [0.1, 0.15) is 53.0 Å². The van der Waals surface area contributed by atoms with E-state index in [9.17, 15) is 32.3 Å². The molecule has 1 aliphatic carbocycles. The Balaban J connectivity index is 1.40. The van der Waals surface area contributed by atoms with Crippen LogP contribution in [-0.4, -0.2) is 58.5 Å². The minimum Gasteiger partial charge on any atom is -0.494 e. The monoisotopic (exact) mass is 625 g/mol. The third kappa shape index (κ3) is 5.18. The predicted octanol–water partition coefficient (Wildman–Crippen LogP) is 4.03. The van der Waals surface area contributed by atoms with Gasteiger partial charge in [0.15, 0.2) is 0 Å². The van der Waals surface area contributed by atoms with Crippen molar-refractivity contribution in [3.8, 4) is 22.8 Å². The molecule has 4 N–H and O–H groups in total. The molecule has 10 nitrogen and oxygen atoms in total. The highest BCUT2D eigenvalue weighted by atomic mass is 19.4. The molecule has 1 aliphatic heterocycles. The summed E-state index contributed by atoms with van der Waals surface area (Å²) < 4.78 is 68.9. The van der Waals surface area contributed by atoms with Crippen LogP contribution in [0.3, 0.4) is 0 Å². The zero-order chi connectivity index (χ0) is 32.3. The number of carbonyl (C=O) groups excluding carboxylic acids is 2. The van der Waals surface area contributed by atoms with E-state index in [1.54, 1.807) is 6.07 Å². The van der Waals surface area contributed by atoms with Gasteiger partial charge in [0.25, 0.3) is 5.91 Å². The number of pyridine rings is 1. The van der Waals surface area contributed by atoms with E-state index >= 15 is 0 Å². The zero-order valence-corrected chi connectivity index (χ0v) is 24.0. The molecule has 0 saturated heterocycles. The van der Waals surface area contributed by atoms with Crippen LogP contribution in [0.15, 0.2) is 48.5 Å². The van der Waals surface area contributed by atoms with Crippen molar-refractivity contribution in [2.75, 3.05) is 20.3 Å². The smallest absolute Gasteiger partial charge is 0.424 e. The number of fused-ring (bicyclic) bond motifs is 2. The first-order chi connectivity index (χ1) is 21.2. The number of nitrogens with one attached hydrogen (secondary N) is 1. The molecule has 2 atom stereocenters. The number of amides is 2. The van der Waals surface area contributed by atoms with E-state index in [1.807, 2.05) is 0 Å². The van der Waals surface area contributed by atoms with Gasteiger partial charge in [-0.05, 0) is 68.3 Å². The summed E-state index contributed by atoms with van der Waals surface area (Å²) in [5.41, 5.74) is 0.396. The molecule has 234 valence electrons. The van der Waals surface area contributed by atoms with Crippen molar-refractivity contribution in [3.05, 3.63) is 76.9 Å². The SMILES string of the molecule is COc1cc(C(=O)NCC(O)(c2cc3c(c(-c4ccc(F)cc4)n2)OC[C@]3(C)C(N)=O)C(F)(F)F)cc2cc(C3CC3)nnc12. The Morgan fingerprint density at radius 1 is 1.13 bits per heavy atom. The van der Waals surface area contributed by atoms with E-state index in [0.29, 0.717) is 10.9 Å². The molecule has 2 aliphatic rings. The van der Waals surface area contributed by atoms with Crippen molar-refractivity contribution in [2.24, 2.45) is 5.73 Å². The number of rotatable bonds is 8.